The van der Waals surface area contributed by atoms with Crippen LogP contribution in [0.25, 0.3) is 0 Å². The van der Waals surface area contributed by atoms with Crippen molar-refractivity contribution < 1.29 is 4.74 Å². The molecule has 0 saturated heterocycles. The van der Waals surface area contributed by atoms with Gasteiger partial charge in [-0.05, 0) is 37.6 Å². The number of ether oxygens (including phenoxy) is 1. The van der Waals surface area contributed by atoms with E-state index in [1.165, 1.54) is 12.8 Å². The SMILES string of the molecule is CN(CCOc1cccc(CN)c1)C1CC1. The lowest BCUT2D eigenvalue weighted by Gasteiger charge is -2.16. The average Bonchev–Trinajstić information content (AvgIpc) is 3.13. The van der Waals surface area contributed by atoms with Gasteiger partial charge in [-0.3, -0.25) is 0 Å². The molecule has 88 valence electrons. The van der Waals surface area contributed by atoms with E-state index in [9.17, 15) is 0 Å². The third kappa shape index (κ3) is 3.22. The van der Waals surface area contributed by atoms with Gasteiger partial charge in [-0.15, -0.1) is 0 Å². The van der Waals surface area contributed by atoms with Crippen LogP contribution in [0, 0.1) is 0 Å². The molecule has 1 aliphatic rings. The van der Waals surface area contributed by atoms with E-state index in [0.717, 1.165) is 30.5 Å². The summed E-state index contributed by atoms with van der Waals surface area (Å²) in [6.45, 7) is 2.32. The predicted octanol–water partition coefficient (Wildman–Crippen LogP) is 1.62. The van der Waals surface area contributed by atoms with E-state index in [1.54, 1.807) is 0 Å². The molecule has 1 aromatic rings. The van der Waals surface area contributed by atoms with Crippen molar-refractivity contribution in [3.05, 3.63) is 29.8 Å². The van der Waals surface area contributed by atoms with Crippen LogP contribution in [0.2, 0.25) is 0 Å². The van der Waals surface area contributed by atoms with Gasteiger partial charge in [-0.1, -0.05) is 12.1 Å². The molecular weight excluding hydrogens is 200 g/mol. The molecule has 0 radical (unpaired) electrons. The number of nitrogens with two attached hydrogens (primary N) is 1. The van der Waals surface area contributed by atoms with Gasteiger partial charge in [0.15, 0.2) is 0 Å². The zero-order valence-electron chi connectivity index (χ0n) is 9.86. The molecule has 3 heteroatoms. The minimum Gasteiger partial charge on any atom is -0.492 e. The third-order valence-corrected chi connectivity index (χ3v) is 3.02. The lowest BCUT2D eigenvalue weighted by Crippen LogP contribution is -2.26. The molecule has 1 aliphatic carbocycles. The molecule has 0 aliphatic heterocycles. The first-order chi connectivity index (χ1) is 7.79. The van der Waals surface area contributed by atoms with E-state index < -0.39 is 0 Å². The van der Waals surface area contributed by atoms with Crippen LogP contribution >= 0.6 is 0 Å². The van der Waals surface area contributed by atoms with Crippen LogP contribution in [0.15, 0.2) is 24.3 Å². The van der Waals surface area contributed by atoms with Crippen molar-refractivity contribution in [3.63, 3.8) is 0 Å². The van der Waals surface area contributed by atoms with Crippen LogP contribution in [-0.2, 0) is 6.54 Å². The minimum atomic E-state index is 0.569. The monoisotopic (exact) mass is 220 g/mol. The fourth-order valence-corrected chi connectivity index (χ4v) is 1.77. The van der Waals surface area contributed by atoms with E-state index in [1.807, 2.05) is 24.3 Å². The highest BCUT2D eigenvalue weighted by atomic mass is 16.5. The second-order valence-electron chi connectivity index (χ2n) is 4.41. The molecule has 1 saturated carbocycles. The van der Waals surface area contributed by atoms with E-state index in [4.69, 9.17) is 10.5 Å². The maximum Gasteiger partial charge on any atom is 0.119 e. The number of benzene rings is 1. The Morgan fingerprint density at radius 3 is 2.94 bits per heavy atom. The molecule has 0 heterocycles. The molecule has 16 heavy (non-hydrogen) atoms. The first-order valence-corrected chi connectivity index (χ1v) is 5.91. The van der Waals surface area contributed by atoms with Crippen LogP contribution in [0.3, 0.4) is 0 Å². The van der Waals surface area contributed by atoms with Gasteiger partial charge in [0.25, 0.3) is 0 Å². The molecular formula is C13H20N2O. The van der Waals surface area contributed by atoms with E-state index in [2.05, 4.69) is 11.9 Å². The molecule has 0 bridgehead atoms. The summed E-state index contributed by atoms with van der Waals surface area (Å²) in [5.74, 6) is 0.923. The quantitative estimate of drug-likeness (QED) is 0.791. The van der Waals surface area contributed by atoms with Crippen molar-refractivity contribution >= 4 is 0 Å². The Labute approximate surface area is 97.2 Å². The Kier molecular flexibility index (Phi) is 3.80. The van der Waals surface area contributed by atoms with Gasteiger partial charge in [0.1, 0.15) is 12.4 Å². The molecule has 0 spiro atoms. The van der Waals surface area contributed by atoms with E-state index >= 15 is 0 Å². The van der Waals surface area contributed by atoms with E-state index in [-0.39, 0.29) is 0 Å². The van der Waals surface area contributed by atoms with Crippen LogP contribution in [0.1, 0.15) is 18.4 Å². The van der Waals surface area contributed by atoms with E-state index in [0.29, 0.717) is 6.54 Å². The van der Waals surface area contributed by atoms with Crippen LogP contribution in [0.5, 0.6) is 5.75 Å². The first-order valence-electron chi connectivity index (χ1n) is 5.91. The maximum atomic E-state index is 5.70. The summed E-state index contributed by atoms with van der Waals surface area (Å²) in [4.78, 5) is 2.37. The molecule has 0 atom stereocenters. The Morgan fingerprint density at radius 1 is 1.44 bits per heavy atom. The number of nitrogens with zero attached hydrogens (tertiary/aromatic N) is 1. The van der Waals surface area contributed by atoms with Gasteiger partial charge in [-0.25, -0.2) is 0 Å². The molecule has 2 N–H and O–H groups in total. The maximum absolute atomic E-state index is 5.70. The fraction of sp³-hybridized carbons (Fsp3) is 0.538. The highest BCUT2D eigenvalue weighted by Gasteiger charge is 2.25. The first kappa shape index (κ1) is 11.4. The standard InChI is InChI=1S/C13H20N2O/c1-15(12-5-6-12)7-8-16-13-4-2-3-11(9-13)10-14/h2-4,9,12H,5-8,10,14H2,1H3. The highest BCUT2D eigenvalue weighted by molar-refractivity contribution is 5.28. The molecule has 0 amide bonds. The topological polar surface area (TPSA) is 38.5 Å². The number of likely N-dealkylation sites (N-methyl/N-ethyl adjacent to an activating group) is 1. The van der Waals surface area contributed by atoms with Crippen LogP contribution < -0.4 is 10.5 Å². The molecule has 3 nitrogen and oxygen atoms in total. The third-order valence-electron chi connectivity index (χ3n) is 3.02. The molecule has 0 aromatic heterocycles. The Morgan fingerprint density at radius 2 is 2.25 bits per heavy atom. The largest absolute Gasteiger partial charge is 0.492 e. The molecule has 0 unspecified atom stereocenters. The van der Waals surface area contributed by atoms with Gasteiger partial charge in [-0.2, -0.15) is 0 Å². The molecule has 1 fully saturated rings. The number of rotatable bonds is 6. The van der Waals surface area contributed by atoms with Crippen molar-refractivity contribution in [2.45, 2.75) is 25.4 Å². The van der Waals surface area contributed by atoms with Gasteiger partial charge >= 0.3 is 0 Å². The Bertz CT molecular complexity index is 336. The predicted molar refractivity (Wildman–Crippen MR) is 65.5 cm³/mol. The van der Waals surface area contributed by atoms with Crippen LogP contribution in [-0.4, -0.2) is 31.1 Å². The van der Waals surface area contributed by atoms with Crippen molar-refractivity contribution in [2.24, 2.45) is 5.73 Å². The summed E-state index contributed by atoms with van der Waals surface area (Å²) in [5.41, 5.74) is 6.70. The summed E-state index contributed by atoms with van der Waals surface area (Å²) in [5, 5.41) is 0. The second-order valence-corrected chi connectivity index (χ2v) is 4.41. The lowest BCUT2D eigenvalue weighted by molar-refractivity contribution is 0.232. The number of hydrogen-bond acceptors (Lipinski definition) is 3. The average molecular weight is 220 g/mol. The summed E-state index contributed by atoms with van der Waals surface area (Å²) in [6, 6.07) is 8.80. The van der Waals surface area contributed by atoms with Crippen LogP contribution in [0.4, 0.5) is 0 Å². The van der Waals surface area contributed by atoms with Gasteiger partial charge in [0.2, 0.25) is 0 Å². The summed E-state index contributed by atoms with van der Waals surface area (Å²) >= 11 is 0. The summed E-state index contributed by atoms with van der Waals surface area (Å²) in [6.07, 6.45) is 2.69. The minimum absolute atomic E-state index is 0.569. The second kappa shape index (κ2) is 5.32. The summed E-state index contributed by atoms with van der Waals surface area (Å²) < 4.78 is 5.70. The van der Waals surface area contributed by atoms with Crippen molar-refractivity contribution in [1.29, 1.82) is 0 Å². The van der Waals surface area contributed by atoms with Crippen molar-refractivity contribution in [1.82, 2.24) is 4.90 Å². The lowest BCUT2D eigenvalue weighted by atomic mass is 10.2. The Balaban J connectivity index is 1.75. The molecule has 1 aromatic carbocycles. The molecule has 2 rings (SSSR count). The summed E-state index contributed by atoms with van der Waals surface area (Å²) in [7, 11) is 2.16. The zero-order chi connectivity index (χ0) is 11.4. The fourth-order valence-electron chi connectivity index (χ4n) is 1.77. The Hall–Kier alpha value is -1.06. The van der Waals surface area contributed by atoms with Crippen molar-refractivity contribution in [2.75, 3.05) is 20.2 Å². The van der Waals surface area contributed by atoms with Gasteiger partial charge in [0, 0.05) is 19.1 Å². The number of hydrogen-bond donors (Lipinski definition) is 1. The van der Waals surface area contributed by atoms with Crippen molar-refractivity contribution in [3.8, 4) is 5.75 Å². The zero-order valence-corrected chi connectivity index (χ0v) is 9.86. The smallest absolute Gasteiger partial charge is 0.119 e. The highest BCUT2D eigenvalue weighted by Crippen LogP contribution is 2.24. The van der Waals surface area contributed by atoms with Gasteiger partial charge < -0.3 is 15.4 Å². The van der Waals surface area contributed by atoms with Gasteiger partial charge in [0.05, 0.1) is 0 Å². The normalized spacial score (nSPS) is 15.4.